The van der Waals surface area contributed by atoms with E-state index in [1.165, 1.54) is 12.1 Å². The summed E-state index contributed by atoms with van der Waals surface area (Å²) in [6, 6.07) is 2.96. The lowest BCUT2D eigenvalue weighted by Crippen LogP contribution is -2.26. The number of aromatic nitrogens is 2. The lowest BCUT2D eigenvalue weighted by atomic mass is 10.2. The number of aliphatic hydroxyl groups excluding tert-OH is 1. The number of nitrogens with zero attached hydrogens (tertiary/aromatic N) is 2. The van der Waals surface area contributed by atoms with Gasteiger partial charge >= 0.3 is 0 Å². The number of hydrogen-bond donors (Lipinski definition) is 2. The molecule has 0 aliphatic rings. The maximum absolute atomic E-state index is 11.8. The van der Waals surface area contributed by atoms with Crippen LogP contribution >= 0.6 is 34.8 Å². The number of benzene rings is 1. The average molecular weight is 321 g/mol. The van der Waals surface area contributed by atoms with E-state index in [2.05, 4.69) is 15.3 Å². The molecule has 5 nitrogen and oxygen atoms in total. The zero-order chi connectivity index (χ0) is 14.0. The van der Waals surface area contributed by atoms with Crippen molar-refractivity contribution < 1.29 is 9.90 Å². The van der Waals surface area contributed by atoms with Gasteiger partial charge in [0, 0.05) is 12.1 Å². The van der Waals surface area contributed by atoms with Gasteiger partial charge in [-0.15, -0.1) is 0 Å². The number of rotatable bonds is 3. The van der Waals surface area contributed by atoms with Gasteiger partial charge in [-0.05, 0) is 12.1 Å². The van der Waals surface area contributed by atoms with Gasteiger partial charge in [0.2, 0.25) is 0 Å². The summed E-state index contributed by atoms with van der Waals surface area (Å²) in [5.41, 5.74) is 1.05. The van der Waals surface area contributed by atoms with Gasteiger partial charge in [-0.25, -0.2) is 9.97 Å². The number of amides is 1. The van der Waals surface area contributed by atoms with Crippen LogP contribution in [-0.2, 0) is 0 Å². The normalized spacial score (nSPS) is 10.7. The minimum Gasteiger partial charge on any atom is -0.395 e. The van der Waals surface area contributed by atoms with Crippen molar-refractivity contribution in [3.8, 4) is 0 Å². The Kier molecular flexibility index (Phi) is 4.42. The lowest BCUT2D eigenvalue weighted by molar-refractivity contribution is 0.0945. The van der Waals surface area contributed by atoms with Crippen molar-refractivity contribution in [3.63, 3.8) is 0 Å². The smallest absolute Gasteiger partial charge is 0.251 e. The Morgan fingerprint density at radius 1 is 1.21 bits per heavy atom. The third kappa shape index (κ3) is 3.06. The standard InChI is InChI=1S/C11H8Cl3N3O2/c12-6-3-5(11(19)15-1-2-18)4-7-8(6)17-10(14)9(13)16-7/h3-4,18H,1-2H2,(H,15,19). The van der Waals surface area contributed by atoms with Crippen molar-refractivity contribution in [1.29, 1.82) is 0 Å². The second kappa shape index (κ2) is 5.88. The summed E-state index contributed by atoms with van der Waals surface area (Å²) < 4.78 is 0. The first-order chi connectivity index (χ1) is 9.02. The first-order valence-electron chi connectivity index (χ1n) is 5.24. The number of nitrogens with one attached hydrogen (secondary N) is 1. The van der Waals surface area contributed by atoms with E-state index in [0.717, 1.165) is 0 Å². The predicted molar refractivity (Wildman–Crippen MR) is 74.0 cm³/mol. The molecule has 1 amide bonds. The van der Waals surface area contributed by atoms with Gasteiger partial charge < -0.3 is 10.4 Å². The molecule has 1 heterocycles. The molecule has 0 bridgehead atoms. The highest BCUT2D eigenvalue weighted by atomic mass is 35.5. The maximum Gasteiger partial charge on any atom is 0.251 e. The Balaban J connectivity index is 2.49. The minimum absolute atomic E-state index is 0.0400. The van der Waals surface area contributed by atoms with Gasteiger partial charge in [-0.3, -0.25) is 4.79 Å². The SMILES string of the molecule is O=C(NCCO)c1cc(Cl)c2nc(Cl)c(Cl)nc2c1. The summed E-state index contributed by atoms with van der Waals surface area (Å²) in [5.74, 6) is -0.370. The van der Waals surface area contributed by atoms with Crippen molar-refractivity contribution in [2.75, 3.05) is 13.2 Å². The maximum atomic E-state index is 11.8. The number of hydrogen-bond acceptors (Lipinski definition) is 4. The van der Waals surface area contributed by atoms with Crippen LogP contribution in [0.25, 0.3) is 11.0 Å². The second-order valence-corrected chi connectivity index (χ2v) is 4.73. The predicted octanol–water partition coefficient (Wildman–Crippen LogP) is 2.31. The van der Waals surface area contributed by atoms with Crippen molar-refractivity contribution in [3.05, 3.63) is 33.0 Å². The van der Waals surface area contributed by atoms with Crippen LogP contribution in [0.2, 0.25) is 15.3 Å². The van der Waals surface area contributed by atoms with Gasteiger partial charge in [-0.1, -0.05) is 34.8 Å². The summed E-state index contributed by atoms with van der Waals surface area (Å²) in [5, 5.41) is 11.5. The highest BCUT2D eigenvalue weighted by molar-refractivity contribution is 6.41. The summed E-state index contributed by atoms with van der Waals surface area (Å²) in [6.45, 7) is 0.00976. The molecule has 1 aromatic carbocycles. The molecule has 0 atom stereocenters. The molecule has 0 spiro atoms. The Morgan fingerprint density at radius 3 is 2.58 bits per heavy atom. The fourth-order valence-electron chi connectivity index (χ4n) is 1.48. The van der Waals surface area contributed by atoms with E-state index < -0.39 is 0 Å². The average Bonchev–Trinajstić information content (AvgIpc) is 2.38. The molecule has 1 aromatic heterocycles. The molecular formula is C11H8Cl3N3O2. The Hall–Kier alpha value is -1.14. The number of carbonyl (C=O) groups excluding carboxylic acids is 1. The van der Waals surface area contributed by atoms with Gasteiger partial charge in [-0.2, -0.15) is 0 Å². The van der Waals surface area contributed by atoms with E-state index >= 15 is 0 Å². The summed E-state index contributed by atoms with van der Waals surface area (Å²) in [4.78, 5) is 19.8. The highest BCUT2D eigenvalue weighted by Gasteiger charge is 2.13. The van der Waals surface area contributed by atoms with Crippen LogP contribution in [0.15, 0.2) is 12.1 Å². The third-order valence-electron chi connectivity index (χ3n) is 2.30. The summed E-state index contributed by atoms with van der Waals surface area (Å²) in [6.07, 6.45) is 0. The zero-order valence-electron chi connectivity index (χ0n) is 9.45. The van der Waals surface area contributed by atoms with Crippen LogP contribution in [0.1, 0.15) is 10.4 Å². The van der Waals surface area contributed by atoms with E-state index in [0.29, 0.717) is 16.6 Å². The molecule has 100 valence electrons. The highest BCUT2D eigenvalue weighted by Crippen LogP contribution is 2.27. The largest absolute Gasteiger partial charge is 0.395 e. The van der Waals surface area contributed by atoms with Crippen molar-refractivity contribution in [2.24, 2.45) is 0 Å². The van der Waals surface area contributed by atoms with E-state index in [1.54, 1.807) is 0 Å². The van der Waals surface area contributed by atoms with Gasteiger partial charge in [0.05, 0.1) is 17.1 Å². The molecule has 0 saturated heterocycles. The van der Waals surface area contributed by atoms with E-state index in [1.807, 2.05) is 0 Å². The van der Waals surface area contributed by atoms with E-state index in [9.17, 15) is 4.79 Å². The van der Waals surface area contributed by atoms with Crippen LogP contribution in [0, 0.1) is 0 Å². The number of fused-ring (bicyclic) bond motifs is 1. The quantitative estimate of drug-likeness (QED) is 0.910. The topological polar surface area (TPSA) is 75.1 Å². The number of aliphatic hydroxyl groups is 1. The van der Waals surface area contributed by atoms with Crippen LogP contribution < -0.4 is 5.32 Å². The van der Waals surface area contributed by atoms with Crippen molar-refractivity contribution in [2.45, 2.75) is 0 Å². The van der Waals surface area contributed by atoms with E-state index in [-0.39, 0.29) is 34.4 Å². The molecule has 0 aliphatic heterocycles. The number of carbonyl (C=O) groups is 1. The molecule has 0 aliphatic carbocycles. The van der Waals surface area contributed by atoms with Gasteiger partial charge in [0.15, 0.2) is 10.3 Å². The molecule has 0 unspecified atom stereocenters. The van der Waals surface area contributed by atoms with Crippen LogP contribution in [0.5, 0.6) is 0 Å². The first kappa shape index (κ1) is 14.3. The van der Waals surface area contributed by atoms with Crippen LogP contribution in [-0.4, -0.2) is 34.1 Å². The fraction of sp³-hybridized carbons (Fsp3) is 0.182. The molecule has 0 fully saturated rings. The molecule has 19 heavy (non-hydrogen) atoms. The Labute approximate surface area is 123 Å². The van der Waals surface area contributed by atoms with E-state index in [4.69, 9.17) is 39.9 Å². The molecule has 2 rings (SSSR count). The van der Waals surface area contributed by atoms with Crippen LogP contribution in [0.3, 0.4) is 0 Å². The van der Waals surface area contributed by atoms with Crippen molar-refractivity contribution >= 4 is 51.7 Å². The zero-order valence-corrected chi connectivity index (χ0v) is 11.7. The molecular weight excluding hydrogens is 312 g/mol. The Morgan fingerprint density at radius 2 is 1.89 bits per heavy atom. The number of halogens is 3. The van der Waals surface area contributed by atoms with Gasteiger partial charge in [0.1, 0.15) is 5.52 Å². The fourth-order valence-corrected chi connectivity index (χ4v) is 2.00. The monoisotopic (exact) mass is 319 g/mol. The minimum atomic E-state index is -0.370. The molecule has 2 aromatic rings. The van der Waals surface area contributed by atoms with Crippen molar-refractivity contribution in [1.82, 2.24) is 15.3 Å². The second-order valence-electron chi connectivity index (χ2n) is 3.61. The molecule has 8 heteroatoms. The molecule has 0 radical (unpaired) electrons. The molecule has 0 saturated carbocycles. The molecule has 2 N–H and O–H groups in total. The first-order valence-corrected chi connectivity index (χ1v) is 6.37. The Bertz CT molecular complexity index is 649. The third-order valence-corrected chi connectivity index (χ3v) is 3.21. The lowest BCUT2D eigenvalue weighted by Gasteiger charge is -2.06. The van der Waals surface area contributed by atoms with Crippen LogP contribution in [0.4, 0.5) is 0 Å². The summed E-state index contributed by atoms with van der Waals surface area (Å²) >= 11 is 17.6. The van der Waals surface area contributed by atoms with Gasteiger partial charge in [0.25, 0.3) is 5.91 Å². The summed E-state index contributed by atoms with van der Waals surface area (Å²) in [7, 11) is 0.